The second kappa shape index (κ2) is 3.29. The van der Waals surface area contributed by atoms with Crippen molar-refractivity contribution in [1.29, 1.82) is 0 Å². The van der Waals surface area contributed by atoms with Crippen LogP contribution in [0.1, 0.15) is 39.0 Å². The molecule has 0 aliphatic heterocycles. The smallest absolute Gasteiger partial charge is 0.249 e. The van der Waals surface area contributed by atoms with Crippen molar-refractivity contribution < 1.29 is 9.63 Å². The molecule has 2 fully saturated rings. The van der Waals surface area contributed by atoms with Gasteiger partial charge in [-0.3, -0.25) is 9.63 Å². The van der Waals surface area contributed by atoms with Gasteiger partial charge in [-0.2, -0.15) is 0 Å². The first-order valence-corrected chi connectivity index (χ1v) is 5.19. The van der Waals surface area contributed by atoms with Crippen molar-refractivity contribution in [2.45, 2.75) is 39.0 Å². The second-order valence-corrected chi connectivity index (χ2v) is 4.29. The maximum Gasteiger partial charge on any atom is 0.249 e. The molecule has 74 valence electrons. The fourth-order valence-electron chi connectivity index (χ4n) is 2.76. The number of nitrogens with one attached hydrogen (secondary N) is 1. The third-order valence-electron chi connectivity index (χ3n) is 3.53. The summed E-state index contributed by atoms with van der Waals surface area (Å²) < 4.78 is 0. The van der Waals surface area contributed by atoms with Gasteiger partial charge in [0.1, 0.15) is 0 Å². The van der Waals surface area contributed by atoms with Gasteiger partial charge in [-0.15, -0.1) is 0 Å². The van der Waals surface area contributed by atoms with Gasteiger partial charge in [0.15, 0.2) is 0 Å². The number of fused-ring (bicyclic) bond motifs is 2. The molecule has 2 saturated carbocycles. The number of amides is 1. The standard InChI is InChI=1S/C10H17NO2/c1-2-13-11-9(12)10-5-3-8(7-10)4-6-10/h8H,2-7H2,1H3,(H,11,12). The SMILES string of the molecule is CCONC(=O)C12CCC(CC1)C2. The molecule has 0 aromatic rings. The van der Waals surface area contributed by atoms with E-state index in [1.165, 1.54) is 12.8 Å². The van der Waals surface area contributed by atoms with Crippen molar-refractivity contribution >= 4 is 5.91 Å². The van der Waals surface area contributed by atoms with Gasteiger partial charge in [0, 0.05) is 0 Å². The lowest BCUT2D eigenvalue weighted by Gasteiger charge is -2.24. The molecule has 2 aliphatic carbocycles. The lowest BCUT2D eigenvalue weighted by molar-refractivity contribution is -0.143. The number of carbonyl (C=O) groups is 1. The van der Waals surface area contributed by atoms with Crippen LogP contribution < -0.4 is 5.48 Å². The highest BCUT2D eigenvalue weighted by Crippen LogP contribution is 2.54. The summed E-state index contributed by atoms with van der Waals surface area (Å²) in [6, 6.07) is 0. The molecule has 0 spiro atoms. The van der Waals surface area contributed by atoms with Gasteiger partial charge in [0.05, 0.1) is 12.0 Å². The third-order valence-corrected chi connectivity index (χ3v) is 3.53. The Morgan fingerprint density at radius 2 is 2.23 bits per heavy atom. The molecule has 0 aromatic heterocycles. The summed E-state index contributed by atoms with van der Waals surface area (Å²) in [5.74, 6) is 0.932. The summed E-state index contributed by atoms with van der Waals surface area (Å²) in [5, 5.41) is 0. The van der Waals surface area contributed by atoms with Crippen LogP contribution in [0.2, 0.25) is 0 Å². The average Bonchev–Trinajstić information content (AvgIpc) is 2.74. The summed E-state index contributed by atoms with van der Waals surface area (Å²) in [7, 11) is 0. The number of hydrogen-bond donors (Lipinski definition) is 1. The summed E-state index contributed by atoms with van der Waals surface area (Å²) >= 11 is 0. The van der Waals surface area contributed by atoms with E-state index in [2.05, 4.69) is 5.48 Å². The molecule has 0 unspecified atom stereocenters. The van der Waals surface area contributed by atoms with Gasteiger partial charge in [-0.1, -0.05) is 0 Å². The molecule has 2 rings (SSSR count). The molecule has 0 saturated heterocycles. The van der Waals surface area contributed by atoms with Crippen LogP contribution in [0, 0.1) is 11.3 Å². The topological polar surface area (TPSA) is 38.3 Å². The molecule has 1 amide bonds. The molecular weight excluding hydrogens is 166 g/mol. The Balaban J connectivity index is 1.95. The lowest BCUT2D eigenvalue weighted by atomic mass is 9.84. The van der Waals surface area contributed by atoms with E-state index in [9.17, 15) is 4.79 Å². The zero-order chi connectivity index (χ0) is 9.31. The molecule has 13 heavy (non-hydrogen) atoms. The highest BCUT2D eigenvalue weighted by atomic mass is 16.6. The number of hydroxylamine groups is 1. The molecule has 3 heteroatoms. The minimum absolute atomic E-state index is 0.0557. The minimum atomic E-state index is -0.0557. The molecule has 2 bridgehead atoms. The molecule has 1 N–H and O–H groups in total. The Bertz CT molecular complexity index is 207. The Kier molecular flexibility index (Phi) is 2.28. The van der Waals surface area contributed by atoms with E-state index in [1.54, 1.807) is 0 Å². The second-order valence-electron chi connectivity index (χ2n) is 4.29. The number of carbonyl (C=O) groups excluding carboxylic acids is 1. The quantitative estimate of drug-likeness (QED) is 0.675. The highest BCUT2D eigenvalue weighted by Gasteiger charge is 2.50. The molecular formula is C10H17NO2. The van der Waals surface area contributed by atoms with E-state index in [0.29, 0.717) is 6.61 Å². The van der Waals surface area contributed by atoms with Crippen LogP contribution in [0.3, 0.4) is 0 Å². The predicted octanol–water partition coefficient (Wildman–Crippen LogP) is 1.63. The molecule has 0 aromatic carbocycles. The van der Waals surface area contributed by atoms with Crippen LogP contribution in [0.15, 0.2) is 0 Å². The van der Waals surface area contributed by atoms with Crippen molar-refractivity contribution in [2.75, 3.05) is 6.61 Å². The summed E-state index contributed by atoms with van der Waals surface area (Å²) in [4.78, 5) is 16.7. The summed E-state index contributed by atoms with van der Waals surface area (Å²) in [6.45, 7) is 2.43. The van der Waals surface area contributed by atoms with Crippen LogP contribution in [-0.2, 0) is 9.63 Å². The van der Waals surface area contributed by atoms with E-state index in [0.717, 1.165) is 25.2 Å². The fourth-order valence-corrected chi connectivity index (χ4v) is 2.76. The number of hydrogen-bond acceptors (Lipinski definition) is 2. The van der Waals surface area contributed by atoms with E-state index < -0.39 is 0 Å². The monoisotopic (exact) mass is 183 g/mol. The first-order valence-electron chi connectivity index (χ1n) is 5.19. The van der Waals surface area contributed by atoms with Gasteiger partial charge >= 0.3 is 0 Å². The maximum atomic E-state index is 11.7. The van der Waals surface area contributed by atoms with Crippen LogP contribution in [0.4, 0.5) is 0 Å². The minimum Gasteiger partial charge on any atom is -0.274 e. The van der Waals surface area contributed by atoms with Crippen LogP contribution >= 0.6 is 0 Å². The summed E-state index contributed by atoms with van der Waals surface area (Å²) in [5.41, 5.74) is 2.50. The van der Waals surface area contributed by atoms with Crippen LogP contribution in [0.5, 0.6) is 0 Å². The first kappa shape index (κ1) is 9.00. The van der Waals surface area contributed by atoms with Crippen molar-refractivity contribution in [3.63, 3.8) is 0 Å². The van der Waals surface area contributed by atoms with E-state index >= 15 is 0 Å². The van der Waals surface area contributed by atoms with Gasteiger partial charge in [0.2, 0.25) is 5.91 Å². The number of rotatable bonds is 3. The van der Waals surface area contributed by atoms with Gasteiger partial charge in [0.25, 0.3) is 0 Å². The van der Waals surface area contributed by atoms with E-state index in [1.807, 2.05) is 6.92 Å². The zero-order valence-corrected chi connectivity index (χ0v) is 8.14. The Morgan fingerprint density at radius 3 is 2.69 bits per heavy atom. The molecule has 2 aliphatic rings. The van der Waals surface area contributed by atoms with Crippen LogP contribution in [-0.4, -0.2) is 12.5 Å². The van der Waals surface area contributed by atoms with Gasteiger partial charge in [-0.05, 0) is 44.9 Å². The van der Waals surface area contributed by atoms with Crippen molar-refractivity contribution in [3.05, 3.63) is 0 Å². The molecule has 0 heterocycles. The largest absolute Gasteiger partial charge is 0.274 e. The predicted molar refractivity (Wildman–Crippen MR) is 48.8 cm³/mol. The Hall–Kier alpha value is -0.570. The first-order chi connectivity index (χ1) is 6.27. The molecule has 0 radical (unpaired) electrons. The van der Waals surface area contributed by atoms with Crippen molar-refractivity contribution in [3.8, 4) is 0 Å². The highest BCUT2D eigenvalue weighted by molar-refractivity contribution is 5.82. The molecule has 0 atom stereocenters. The lowest BCUT2D eigenvalue weighted by Crippen LogP contribution is -2.38. The van der Waals surface area contributed by atoms with Gasteiger partial charge < -0.3 is 0 Å². The van der Waals surface area contributed by atoms with Gasteiger partial charge in [-0.25, -0.2) is 5.48 Å². The maximum absolute atomic E-state index is 11.7. The third kappa shape index (κ3) is 1.46. The van der Waals surface area contributed by atoms with Crippen molar-refractivity contribution in [1.82, 2.24) is 5.48 Å². The Labute approximate surface area is 78.8 Å². The fraction of sp³-hybridized carbons (Fsp3) is 0.900. The van der Waals surface area contributed by atoms with Crippen molar-refractivity contribution in [2.24, 2.45) is 11.3 Å². The Morgan fingerprint density at radius 1 is 1.54 bits per heavy atom. The van der Waals surface area contributed by atoms with E-state index in [-0.39, 0.29) is 11.3 Å². The van der Waals surface area contributed by atoms with E-state index in [4.69, 9.17) is 4.84 Å². The normalized spacial score (nSPS) is 36.5. The summed E-state index contributed by atoms with van der Waals surface area (Å²) in [6.07, 6.45) is 5.69. The molecule has 3 nitrogen and oxygen atoms in total. The zero-order valence-electron chi connectivity index (χ0n) is 8.14. The van der Waals surface area contributed by atoms with Crippen LogP contribution in [0.25, 0.3) is 0 Å². The average molecular weight is 183 g/mol.